The molecule has 2 rings (SSSR count). The first kappa shape index (κ1) is 15.5. The maximum atomic E-state index is 11.5. The lowest BCUT2D eigenvalue weighted by Crippen LogP contribution is -2.00. The maximum Gasteiger partial charge on any atom is 0.264 e. The highest BCUT2D eigenvalue weighted by Crippen LogP contribution is 2.18. The number of rotatable bonds is 6. The lowest BCUT2D eigenvalue weighted by atomic mass is 10.1. The van der Waals surface area contributed by atoms with Crippen molar-refractivity contribution in [2.45, 2.75) is 31.8 Å². The number of hydrogen-bond donors (Lipinski definition) is 0. The van der Waals surface area contributed by atoms with E-state index in [9.17, 15) is 8.42 Å². The van der Waals surface area contributed by atoms with Crippen molar-refractivity contribution in [3.63, 3.8) is 0 Å². The van der Waals surface area contributed by atoms with Crippen LogP contribution in [0.5, 0.6) is 5.75 Å². The molecule has 0 fully saturated rings. The van der Waals surface area contributed by atoms with Crippen molar-refractivity contribution in [1.29, 1.82) is 0 Å². The van der Waals surface area contributed by atoms with E-state index in [2.05, 4.69) is 24.0 Å². The molecule has 0 aliphatic heterocycles. The summed E-state index contributed by atoms with van der Waals surface area (Å²) in [7, 11) is -3.25. The summed E-state index contributed by atoms with van der Waals surface area (Å²) in [5.41, 5.74) is 0. The van der Waals surface area contributed by atoms with E-state index in [1.807, 2.05) is 0 Å². The van der Waals surface area contributed by atoms with Crippen molar-refractivity contribution in [2.75, 3.05) is 6.26 Å². The van der Waals surface area contributed by atoms with Gasteiger partial charge in [-0.05, 0) is 24.1 Å². The molecule has 6 nitrogen and oxygen atoms in total. The van der Waals surface area contributed by atoms with Gasteiger partial charge in [0.15, 0.2) is 22.3 Å². The second-order valence-electron chi connectivity index (χ2n) is 5.24. The highest BCUT2D eigenvalue weighted by atomic mass is 32.2. The van der Waals surface area contributed by atoms with Crippen LogP contribution in [0.2, 0.25) is 0 Å². The molecule has 2 aromatic rings. The van der Waals surface area contributed by atoms with E-state index in [4.69, 9.17) is 9.26 Å². The molecular formula is C14H18N2O4S. The summed E-state index contributed by atoms with van der Waals surface area (Å²) in [5.74, 6) is 1.91. The molecule has 0 unspecified atom stereocenters. The van der Waals surface area contributed by atoms with Gasteiger partial charge in [0, 0.05) is 12.7 Å². The molecule has 0 aliphatic rings. The molecule has 0 amide bonds. The number of aromatic nitrogens is 2. The molecule has 0 saturated heterocycles. The van der Waals surface area contributed by atoms with Gasteiger partial charge in [-0.15, -0.1) is 0 Å². The van der Waals surface area contributed by atoms with E-state index >= 15 is 0 Å². The zero-order chi connectivity index (χ0) is 15.5. The molecule has 0 N–H and O–H groups in total. The van der Waals surface area contributed by atoms with Crippen molar-refractivity contribution in [3.05, 3.63) is 36.0 Å². The van der Waals surface area contributed by atoms with Crippen molar-refractivity contribution in [2.24, 2.45) is 5.92 Å². The van der Waals surface area contributed by atoms with Crippen LogP contribution in [-0.4, -0.2) is 24.8 Å². The predicted molar refractivity (Wildman–Crippen MR) is 76.7 cm³/mol. The van der Waals surface area contributed by atoms with Crippen LogP contribution >= 0.6 is 0 Å². The molecule has 0 bridgehead atoms. The van der Waals surface area contributed by atoms with Gasteiger partial charge in [-0.25, -0.2) is 8.42 Å². The minimum atomic E-state index is -3.25. The summed E-state index contributed by atoms with van der Waals surface area (Å²) in [4.78, 5) is 4.43. The molecule has 7 heteroatoms. The van der Waals surface area contributed by atoms with E-state index < -0.39 is 9.84 Å². The summed E-state index contributed by atoms with van der Waals surface area (Å²) in [6.07, 6.45) is 1.90. The lowest BCUT2D eigenvalue weighted by molar-refractivity contribution is 0.242. The fourth-order valence-corrected chi connectivity index (χ4v) is 2.39. The third-order valence-corrected chi connectivity index (χ3v) is 3.81. The van der Waals surface area contributed by atoms with Gasteiger partial charge in [-0.1, -0.05) is 25.1 Å². The fraction of sp³-hybridized carbons (Fsp3) is 0.429. The third-order valence-electron chi connectivity index (χ3n) is 2.70. The molecule has 0 atom stereocenters. The number of nitrogens with zero attached hydrogens (tertiary/aromatic N) is 2. The smallest absolute Gasteiger partial charge is 0.264 e. The van der Waals surface area contributed by atoms with Gasteiger partial charge in [0.05, 0.1) is 4.90 Å². The fourth-order valence-electron chi connectivity index (χ4n) is 1.74. The van der Waals surface area contributed by atoms with Crippen LogP contribution in [-0.2, 0) is 22.9 Å². The first-order valence-corrected chi connectivity index (χ1v) is 8.48. The quantitative estimate of drug-likeness (QED) is 0.814. The molecule has 0 saturated carbocycles. The second kappa shape index (κ2) is 6.26. The SMILES string of the molecule is CC(C)Cc1noc(COc2cccc(S(C)(=O)=O)c2)n1. The van der Waals surface area contributed by atoms with Gasteiger partial charge < -0.3 is 9.26 Å². The molecular weight excluding hydrogens is 292 g/mol. The summed E-state index contributed by atoms with van der Waals surface area (Å²) < 4.78 is 33.5. The van der Waals surface area contributed by atoms with Crippen molar-refractivity contribution in [1.82, 2.24) is 10.1 Å². The monoisotopic (exact) mass is 310 g/mol. The Hall–Kier alpha value is -1.89. The summed E-state index contributed by atoms with van der Waals surface area (Å²) >= 11 is 0. The van der Waals surface area contributed by atoms with E-state index in [0.29, 0.717) is 23.4 Å². The average molecular weight is 310 g/mol. The zero-order valence-electron chi connectivity index (χ0n) is 12.2. The molecule has 1 aromatic carbocycles. The van der Waals surface area contributed by atoms with Crippen molar-refractivity contribution < 1.29 is 17.7 Å². The van der Waals surface area contributed by atoms with Gasteiger partial charge in [-0.2, -0.15) is 4.98 Å². The van der Waals surface area contributed by atoms with E-state index in [-0.39, 0.29) is 11.5 Å². The van der Waals surface area contributed by atoms with Crippen LogP contribution < -0.4 is 4.74 Å². The topological polar surface area (TPSA) is 82.3 Å². The van der Waals surface area contributed by atoms with E-state index in [1.165, 1.54) is 12.1 Å². The molecule has 21 heavy (non-hydrogen) atoms. The minimum absolute atomic E-state index is 0.109. The lowest BCUT2D eigenvalue weighted by Gasteiger charge is -2.04. The minimum Gasteiger partial charge on any atom is -0.484 e. The largest absolute Gasteiger partial charge is 0.484 e. The molecule has 1 aromatic heterocycles. The number of hydrogen-bond acceptors (Lipinski definition) is 6. The van der Waals surface area contributed by atoms with Gasteiger partial charge in [-0.3, -0.25) is 0 Å². The molecule has 0 radical (unpaired) electrons. The Kier molecular flexibility index (Phi) is 4.62. The Bertz CT molecular complexity index is 707. The van der Waals surface area contributed by atoms with Crippen LogP contribution in [0.4, 0.5) is 0 Å². The number of sulfone groups is 1. The zero-order valence-corrected chi connectivity index (χ0v) is 13.1. The first-order chi connectivity index (χ1) is 9.84. The van der Waals surface area contributed by atoms with Crippen LogP contribution in [0.25, 0.3) is 0 Å². The maximum absolute atomic E-state index is 11.5. The van der Waals surface area contributed by atoms with Gasteiger partial charge in [0.2, 0.25) is 0 Å². The van der Waals surface area contributed by atoms with Crippen LogP contribution in [0.1, 0.15) is 25.6 Å². The molecule has 0 spiro atoms. The average Bonchev–Trinajstić information content (AvgIpc) is 2.82. The summed E-state index contributed by atoms with van der Waals surface area (Å²) in [5, 5.41) is 3.86. The Balaban J connectivity index is 2.01. The van der Waals surface area contributed by atoms with Gasteiger partial charge in [0.25, 0.3) is 5.89 Å². The van der Waals surface area contributed by atoms with Crippen LogP contribution in [0.3, 0.4) is 0 Å². The predicted octanol–water partition coefficient (Wildman–Crippen LogP) is 2.25. The summed E-state index contributed by atoms with van der Waals surface area (Å²) in [6, 6.07) is 6.31. The first-order valence-electron chi connectivity index (χ1n) is 6.59. The number of benzene rings is 1. The Morgan fingerprint density at radius 3 is 2.76 bits per heavy atom. The van der Waals surface area contributed by atoms with Gasteiger partial charge in [0.1, 0.15) is 5.75 Å². The Labute approximate surface area is 124 Å². The summed E-state index contributed by atoms with van der Waals surface area (Å²) in [6.45, 7) is 4.25. The van der Waals surface area contributed by atoms with Crippen molar-refractivity contribution >= 4 is 9.84 Å². The van der Waals surface area contributed by atoms with Crippen LogP contribution in [0, 0.1) is 5.92 Å². The highest BCUT2D eigenvalue weighted by molar-refractivity contribution is 7.90. The van der Waals surface area contributed by atoms with Crippen LogP contribution in [0.15, 0.2) is 33.7 Å². The molecule has 114 valence electrons. The normalized spacial score (nSPS) is 11.8. The molecule has 0 aliphatic carbocycles. The second-order valence-corrected chi connectivity index (χ2v) is 7.25. The Morgan fingerprint density at radius 2 is 2.10 bits per heavy atom. The number of ether oxygens (including phenoxy) is 1. The third kappa shape index (κ3) is 4.56. The van der Waals surface area contributed by atoms with Crippen molar-refractivity contribution in [3.8, 4) is 5.75 Å². The Morgan fingerprint density at radius 1 is 1.33 bits per heavy atom. The standard InChI is InChI=1S/C14H18N2O4S/c1-10(2)7-13-15-14(20-16-13)9-19-11-5-4-6-12(8-11)21(3,17)18/h4-6,8,10H,7,9H2,1-3H3. The van der Waals surface area contributed by atoms with E-state index in [0.717, 1.165) is 12.7 Å². The highest BCUT2D eigenvalue weighted by Gasteiger charge is 2.10. The van der Waals surface area contributed by atoms with Gasteiger partial charge >= 0.3 is 0 Å². The molecule has 1 heterocycles. The van der Waals surface area contributed by atoms with E-state index in [1.54, 1.807) is 12.1 Å².